The number of fused-ring (bicyclic) bond motifs is 2. The average Bonchev–Trinajstić information content (AvgIpc) is 2.94. The first kappa shape index (κ1) is 17.7. The molecule has 0 fully saturated rings. The number of aryl methyl sites for hydroxylation is 3. The molecule has 28 heavy (non-hydrogen) atoms. The molecule has 4 rings (SSSR count). The Hall–Kier alpha value is -3.69. The first-order valence-corrected chi connectivity index (χ1v) is 8.55. The van der Waals surface area contributed by atoms with Crippen molar-refractivity contribution in [2.45, 2.75) is 13.8 Å². The zero-order chi connectivity index (χ0) is 20.0. The van der Waals surface area contributed by atoms with Crippen molar-refractivity contribution in [2.24, 2.45) is 7.05 Å². The number of ether oxygens (including phenoxy) is 2. The molecule has 144 valence electrons. The van der Waals surface area contributed by atoms with Gasteiger partial charge in [0, 0.05) is 18.8 Å². The van der Waals surface area contributed by atoms with Crippen LogP contribution in [0.5, 0.6) is 11.5 Å². The summed E-state index contributed by atoms with van der Waals surface area (Å²) in [6.45, 7) is 4.19. The Morgan fingerprint density at radius 2 is 1.89 bits per heavy atom. The number of pyridine rings is 1. The molecule has 0 aliphatic carbocycles. The summed E-state index contributed by atoms with van der Waals surface area (Å²) in [7, 11) is 1.75. The smallest absolute Gasteiger partial charge is 0.296 e. The van der Waals surface area contributed by atoms with E-state index in [2.05, 4.69) is 15.4 Å². The molecule has 0 radical (unpaired) electrons. The lowest BCUT2D eigenvalue weighted by atomic mass is 10.1. The molecule has 0 bridgehead atoms. The average molecular weight is 383 g/mol. The number of aromatic nitrogens is 3. The molecule has 0 saturated carbocycles. The van der Waals surface area contributed by atoms with Crippen LogP contribution in [0.1, 0.15) is 21.7 Å². The van der Waals surface area contributed by atoms with Gasteiger partial charge in [0.25, 0.3) is 11.6 Å². The largest absolute Gasteiger partial charge is 0.486 e. The van der Waals surface area contributed by atoms with Gasteiger partial charge in [0.05, 0.1) is 27.6 Å². The minimum absolute atomic E-state index is 0.0309. The van der Waals surface area contributed by atoms with E-state index < -0.39 is 10.8 Å². The summed E-state index contributed by atoms with van der Waals surface area (Å²) in [5.74, 6) is 0.133. The van der Waals surface area contributed by atoms with Crippen LogP contribution in [-0.4, -0.2) is 38.8 Å². The number of rotatable bonds is 3. The van der Waals surface area contributed by atoms with Crippen LogP contribution in [0.25, 0.3) is 11.0 Å². The Balaban J connectivity index is 1.79. The van der Waals surface area contributed by atoms with E-state index in [1.165, 1.54) is 12.1 Å². The summed E-state index contributed by atoms with van der Waals surface area (Å²) in [5, 5.41) is 19.0. The Labute approximate surface area is 159 Å². The lowest BCUT2D eigenvalue weighted by molar-refractivity contribution is -0.384. The van der Waals surface area contributed by atoms with Crippen molar-refractivity contribution in [2.75, 3.05) is 18.5 Å². The van der Waals surface area contributed by atoms with Gasteiger partial charge in [-0.15, -0.1) is 0 Å². The monoisotopic (exact) mass is 383 g/mol. The predicted molar refractivity (Wildman–Crippen MR) is 100 cm³/mol. The van der Waals surface area contributed by atoms with Crippen LogP contribution in [0.2, 0.25) is 0 Å². The number of amides is 1. The number of anilines is 1. The third-order valence-electron chi connectivity index (χ3n) is 4.45. The van der Waals surface area contributed by atoms with Gasteiger partial charge in [-0.1, -0.05) is 0 Å². The topological polar surface area (TPSA) is 121 Å². The summed E-state index contributed by atoms with van der Waals surface area (Å²) in [5.41, 5.74) is 1.95. The van der Waals surface area contributed by atoms with Crippen molar-refractivity contribution in [3.63, 3.8) is 0 Å². The molecule has 0 saturated heterocycles. The van der Waals surface area contributed by atoms with E-state index in [1.807, 2.05) is 0 Å². The van der Waals surface area contributed by atoms with Crippen LogP contribution < -0.4 is 14.8 Å². The minimum Gasteiger partial charge on any atom is -0.486 e. The Morgan fingerprint density at radius 1 is 1.21 bits per heavy atom. The van der Waals surface area contributed by atoms with Crippen molar-refractivity contribution < 1.29 is 19.2 Å². The van der Waals surface area contributed by atoms with Crippen molar-refractivity contribution in [3.8, 4) is 11.5 Å². The van der Waals surface area contributed by atoms with Gasteiger partial charge < -0.3 is 14.8 Å². The van der Waals surface area contributed by atoms with Gasteiger partial charge in [-0.2, -0.15) is 5.10 Å². The number of carbonyl (C=O) groups excluding carboxylic acids is 1. The Bertz CT molecular complexity index is 1140. The molecule has 3 aromatic rings. The van der Waals surface area contributed by atoms with Gasteiger partial charge in [0.2, 0.25) is 0 Å². The zero-order valence-corrected chi connectivity index (χ0v) is 15.5. The maximum absolute atomic E-state index is 13.0. The third kappa shape index (κ3) is 2.88. The standard InChI is InChI=1S/C18H17N5O5/c1-9-6-11(16-10(2)21-22(3)17(16)19-9)18(24)20-12-7-14-15(28-5-4-27-14)8-13(12)23(25)26/h6-8H,4-5H2,1-3H3,(H,20,24). The fraction of sp³-hybridized carbons (Fsp3) is 0.278. The quantitative estimate of drug-likeness (QED) is 0.545. The van der Waals surface area contributed by atoms with E-state index >= 15 is 0 Å². The van der Waals surface area contributed by atoms with Crippen molar-refractivity contribution in [1.82, 2.24) is 14.8 Å². The molecule has 1 amide bonds. The van der Waals surface area contributed by atoms with E-state index in [0.717, 1.165) is 0 Å². The van der Waals surface area contributed by atoms with Crippen molar-refractivity contribution in [3.05, 3.63) is 45.3 Å². The Kier molecular flexibility index (Phi) is 4.10. The molecule has 3 heterocycles. The molecule has 1 N–H and O–H groups in total. The van der Waals surface area contributed by atoms with Crippen LogP contribution in [-0.2, 0) is 7.05 Å². The van der Waals surface area contributed by atoms with Crippen molar-refractivity contribution in [1.29, 1.82) is 0 Å². The number of nitro groups is 1. The number of hydrogen-bond donors (Lipinski definition) is 1. The number of hydrogen-bond acceptors (Lipinski definition) is 7. The van der Waals surface area contributed by atoms with E-state index in [1.54, 1.807) is 31.6 Å². The summed E-state index contributed by atoms with van der Waals surface area (Å²) in [6, 6.07) is 4.30. The van der Waals surface area contributed by atoms with Gasteiger partial charge >= 0.3 is 0 Å². The van der Waals surface area contributed by atoms with E-state index in [4.69, 9.17) is 9.47 Å². The van der Waals surface area contributed by atoms with Crippen LogP contribution in [0, 0.1) is 24.0 Å². The molecule has 2 aromatic heterocycles. The SMILES string of the molecule is Cc1cc(C(=O)Nc2cc3c(cc2[N+](=O)[O-])OCCO3)c2c(C)nn(C)c2n1. The number of nitrogens with zero attached hydrogens (tertiary/aromatic N) is 4. The number of benzene rings is 1. The molecule has 1 aliphatic rings. The molecule has 0 spiro atoms. The number of nitro benzene ring substituents is 1. The fourth-order valence-corrected chi connectivity index (χ4v) is 3.27. The van der Waals surface area contributed by atoms with Crippen LogP contribution >= 0.6 is 0 Å². The highest BCUT2D eigenvalue weighted by molar-refractivity contribution is 6.13. The predicted octanol–water partition coefficient (Wildman–Crippen LogP) is 2.52. The highest BCUT2D eigenvalue weighted by Gasteiger charge is 2.25. The molecule has 10 heteroatoms. The Morgan fingerprint density at radius 3 is 2.57 bits per heavy atom. The fourth-order valence-electron chi connectivity index (χ4n) is 3.27. The molecule has 1 aliphatic heterocycles. The number of carbonyl (C=O) groups is 1. The second-order valence-electron chi connectivity index (χ2n) is 6.44. The normalized spacial score (nSPS) is 12.8. The van der Waals surface area contributed by atoms with Gasteiger partial charge in [0.15, 0.2) is 17.1 Å². The summed E-state index contributed by atoms with van der Waals surface area (Å²) >= 11 is 0. The van der Waals surface area contributed by atoms with E-state index in [-0.39, 0.29) is 17.1 Å². The summed E-state index contributed by atoms with van der Waals surface area (Å²) in [6.07, 6.45) is 0. The first-order valence-electron chi connectivity index (χ1n) is 8.55. The van der Waals surface area contributed by atoms with Crippen LogP contribution in [0.15, 0.2) is 18.2 Å². The van der Waals surface area contributed by atoms with Gasteiger partial charge in [-0.25, -0.2) is 4.98 Å². The van der Waals surface area contributed by atoms with E-state index in [0.29, 0.717) is 46.9 Å². The summed E-state index contributed by atoms with van der Waals surface area (Å²) in [4.78, 5) is 28.4. The molecular formula is C18H17N5O5. The van der Waals surface area contributed by atoms with Gasteiger partial charge in [0.1, 0.15) is 18.9 Å². The zero-order valence-electron chi connectivity index (χ0n) is 15.5. The second-order valence-corrected chi connectivity index (χ2v) is 6.44. The highest BCUT2D eigenvalue weighted by atomic mass is 16.6. The van der Waals surface area contributed by atoms with Gasteiger partial charge in [-0.05, 0) is 19.9 Å². The minimum atomic E-state index is -0.573. The molecular weight excluding hydrogens is 366 g/mol. The maximum atomic E-state index is 13.0. The molecule has 0 unspecified atom stereocenters. The lowest BCUT2D eigenvalue weighted by Crippen LogP contribution is -2.18. The van der Waals surface area contributed by atoms with Crippen LogP contribution in [0.3, 0.4) is 0 Å². The lowest BCUT2D eigenvalue weighted by Gasteiger charge is -2.19. The van der Waals surface area contributed by atoms with Crippen LogP contribution in [0.4, 0.5) is 11.4 Å². The third-order valence-corrected chi connectivity index (χ3v) is 4.45. The van der Waals surface area contributed by atoms with E-state index in [9.17, 15) is 14.9 Å². The number of nitrogens with one attached hydrogen (secondary N) is 1. The van der Waals surface area contributed by atoms with Gasteiger partial charge in [-0.3, -0.25) is 19.6 Å². The summed E-state index contributed by atoms with van der Waals surface area (Å²) < 4.78 is 12.5. The molecule has 0 atom stereocenters. The maximum Gasteiger partial charge on any atom is 0.296 e. The highest BCUT2D eigenvalue weighted by Crippen LogP contribution is 2.39. The van der Waals surface area contributed by atoms with Crippen molar-refractivity contribution >= 4 is 28.3 Å². The molecule has 1 aromatic carbocycles. The first-order chi connectivity index (χ1) is 13.3. The molecule has 10 nitrogen and oxygen atoms in total. The second kappa shape index (κ2) is 6.48.